The molecule has 18 heavy (non-hydrogen) atoms. The molecule has 0 atom stereocenters. The Labute approximate surface area is 109 Å². The highest BCUT2D eigenvalue weighted by atomic mass is 14.5. The van der Waals surface area contributed by atoms with E-state index in [-0.39, 0.29) is 0 Å². The maximum absolute atomic E-state index is 5.73. The summed E-state index contributed by atoms with van der Waals surface area (Å²) in [4.78, 5) is 0. The lowest BCUT2D eigenvalue weighted by molar-refractivity contribution is 1.28. The van der Waals surface area contributed by atoms with Crippen molar-refractivity contribution in [2.24, 2.45) is 0 Å². The Bertz CT molecular complexity index is 642. The summed E-state index contributed by atoms with van der Waals surface area (Å²) in [6.45, 7) is 6.33. The molecule has 0 unspecified atom stereocenters. The molecule has 2 aromatic carbocycles. The van der Waals surface area contributed by atoms with E-state index >= 15 is 0 Å². The van der Waals surface area contributed by atoms with Gasteiger partial charge in [-0.1, -0.05) is 24.0 Å². The lowest BCUT2D eigenvalue weighted by Gasteiger charge is -2.04. The molecule has 0 aliphatic carbocycles. The summed E-state index contributed by atoms with van der Waals surface area (Å²) < 4.78 is 0. The predicted octanol–water partition coefficient (Wildman–Crippen LogP) is 3.59. The molecule has 2 aromatic rings. The zero-order chi connectivity index (χ0) is 13.1. The van der Waals surface area contributed by atoms with Crippen LogP contribution in [0.3, 0.4) is 0 Å². The van der Waals surface area contributed by atoms with Crippen LogP contribution in [-0.2, 0) is 0 Å². The third-order valence-corrected chi connectivity index (χ3v) is 3.07. The van der Waals surface area contributed by atoms with Crippen molar-refractivity contribution < 1.29 is 0 Å². The number of nitrogens with two attached hydrogens (primary N) is 1. The summed E-state index contributed by atoms with van der Waals surface area (Å²) in [6.07, 6.45) is 0. The van der Waals surface area contributed by atoms with Gasteiger partial charge < -0.3 is 5.73 Å². The van der Waals surface area contributed by atoms with E-state index in [0.29, 0.717) is 0 Å². The van der Waals surface area contributed by atoms with Gasteiger partial charge in [0.2, 0.25) is 0 Å². The first-order chi connectivity index (χ1) is 8.56. The van der Waals surface area contributed by atoms with Gasteiger partial charge in [0.25, 0.3) is 0 Å². The van der Waals surface area contributed by atoms with Crippen LogP contribution in [0.25, 0.3) is 0 Å². The van der Waals surface area contributed by atoms with Crippen LogP contribution in [-0.4, -0.2) is 0 Å². The van der Waals surface area contributed by atoms with E-state index in [1.807, 2.05) is 24.3 Å². The fourth-order valence-corrected chi connectivity index (χ4v) is 1.85. The first-order valence-corrected chi connectivity index (χ1v) is 6.01. The molecule has 1 heteroatoms. The zero-order valence-electron chi connectivity index (χ0n) is 11.0. The van der Waals surface area contributed by atoms with Crippen molar-refractivity contribution in [3.8, 4) is 11.8 Å². The van der Waals surface area contributed by atoms with Crippen LogP contribution in [0.4, 0.5) is 5.69 Å². The number of hydrogen-bond acceptors (Lipinski definition) is 1. The molecule has 0 aliphatic heterocycles. The highest BCUT2D eigenvalue weighted by Crippen LogP contribution is 2.14. The van der Waals surface area contributed by atoms with Gasteiger partial charge in [-0.2, -0.15) is 0 Å². The fraction of sp³-hybridized carbons (Fsp3) is 0.176. The molecule has 90 valence electrons. The lowest BCUT2D eigenvalue weighted by atomic mass is 10.0. The number of aryl methyl sites for hydroxylation is 3. The van der Waals surface area contributed by atoms with Gasteiger partial charge in [-0.25, -0.2) is 0 Å². The van der Waals surface area contributed by atoms with Crippen LogP contribution >= 0.6 is 0 Å². The van der Waals surface area contributed by atoms with Gasteiger partial charge in [0.15, 0.2) is 0 Å². The van der Waals surface area contributed by atoms with Crippen molar-refractivity contribution in [3.05, 3.63) is 64.2 Å². The third-order valence-electron chi connectivity index (χ3n) is 3.07. The monoisotopic (exact) mass is 235 g/mol. The second-order valence-corrected chi connectivity index (χ2v) is 4.63. The highest BCUT2D eigenvalue weighted by molar-refractivity contribution is 5.52. The van der Waals surface area contributed by atoms with E-state index in [9.17, 15) is 0 Å². The molecule has 0 amide bonds. The Morgan fingerprint density at radius 3 is 2.28 bits per heavy atom. The molecular weight excluding hydrogens is 218 g/mol. The molecule has 0 bridgehead atoms. The number of nitrogen functional groups attached to an aromatic ring is 1. The molecule has 1 nitrogen and oxygen atoms in total. The van der Waals surface area contributed by atoms with Crippen molar-refractivity contribution in [2.45, 2.75) is 20.8 Å². The molecule has 0 saturated carbocycles. The number of anilines is 1. The van der Waals surface area contributed by atoms with E-state index in [2.05, 4.69) is 44.7 Å². The maximum Gasteiger partial charge on any atom is 0.0326 e. The predicted molar refractivity (Wildman–Crippen MR) is 77.5 cm³/mol. The van der Waals surface area contributed by atoms with Gasteiger partial charge in [0, 0.05) is 16.8 Å². The van der Waals surface area contributed by atoms with Crippen molar-refractivity contribution >= 4 is 5.69 Å². The molecule has 0 saturated heterocycles. The van der Waals surface area contributed by atoms with Crippen LogP contribution in [0.2, 0.25) is 0 Å². The average Bonchev–Trinajstić information content (AvgIpc) is 2.32. The SMILES string of the molecule is Cc1cc(C)c(C#Cc2cccc(N)c2)cc1C. The van der Waals surface area contributed by atoms with Crippen molar-refractivity contribution in [1.29, 1.82) is 0 Å². The summed E-state index contributed by atoms with van der Waals surface area (Å²) in [7, 11) is 0. The zero-order valence-corrected chi connectivity index (χ0v) is 11.0. The minimum Gasteiger partial charge on any atom is -0.399 e. The number of benzene rings is 2. The van der Waals surface area contributed by atoms with Gasteiger partial charge in [-0.15, -0.1) is 0 Å². The molecular formula is C17H17N. The fourth-order valence-electron chi connectivity index (χ4n) is 1.85. The molecule has 2 rings (SSSR count). The van der Waals surface area contributed by atoms with Crippen molar-refractivity contribution in [3.63, 3.8) is 0 Å². The summed E-state index contributed by atoms with van der Waals surface area (Å²) in [5, 5.41) is 0. The quantitative estimate of drug-likeness (QED) is 0.548. The molecule has 0 spiro atoms. The van der Waals surface area contributed by atoms with Crippen LogP contribution in [0.1, 0.15) is 27.8 Å². The van der Waals surface area contributed by atoms with E-state index in [0.717, 1.165) is 16.8 Å². The van der Waals surface area contributed by atoms with E-state index < -0.39 is 0 Å². The largest absolute Gasteiger partial charge is 0.399 e. The molecule has 0 aliphatic rings. The lowest BCUT2D eigenvalue weighted by Crippen LogP contribution is -1.89. The third kappa shape index (κ3) is 2.73. The van der Waals surface area contributed by atoms with Crippen LogP contribution in [0.15, 0.2) is 36.4 Å². The second-order valence-electron chi connectivity index (χ2n) is 4.63. The van der Waals surface area contributed by atoms with Gasteiger partial charge in [0.1, 0.15) is 0 Å². The second kappa shape index (κ2) is 4.98. The Morgan fingerprint density at radius 1 is 0.833 bits per heavy atom. The van der Waals surface area contributed by atoms with Crippen LogP contribution in [0.5, 0.6) is 0 Å². The molecule has 0 aromatic heterocycles. The minimum absolute atomic E-state index is 0.749. The minimum atomic E-state index is 0.749. The summed E-state index contributed by atoms with van der Waals surface area (Å²) in [5.74, 6) is 6.38. The topological polar surface area (TPSA) is 26.0 Å². The molecule has 0 radical (unpaired) electrons. The maximum atomic E-state index is 5.73. The summed E-state index contributed by atoms with van der Waals surface area (Å²) in [6, 6.07) is 12.0. The average molecular weight is 235 g/mol. The summed E-state index contributed by atoms with van der Waals surface area (Å²) >= 11 is 0. The van der Waals surface area contributed by atoms with Crippen LogP contribution in [0, 0.1) is 32.6 Å². The standard InChI is InChI=1S/C17H17N/c1-12-9-14(3)16(10-13(12)2)8-7-15-5-4-6-17(18)11-15/h4-6,9-11H,18H2,1-3H3. The van der Waals surface area contributed by atoms with Gasteiger partial charge in [-0.05, 0) is 61.7 Å². The summed E-state index contributed by atoms with van der Waals surface area (Å²) in [5.41, 5.74) is 12.3. The van der Waals surface area contributed by atoms with E-state index in [4.69, 9.17) is 5.73 Å². The van der Waals surface area contributed by atoms with Gasteiger partial charge in [0.05, 0.1) is 0 Å². The molecule has 2 N–H and O–H groups in total. The smallest absolute Gasteiger partial charge is 0.0326 e. The Morgan fingerprint density at radius 2 is 1.56 bits per heavy atom. The Kier molecular flexibility index (Phi) is 3.39. The van der Waals surface area contributed by atoms with E-state index in [1.54, 1.807) is 0 Å². The molecule has 0 heterocycles. The Hall–Kier alpha value is -2.20. The normalized spacial score (nSPS) is 9.72. The highest BCUT2D eigenvalue weighted by Gasteiger charge is 1.98. The van der Waals surface area contributed by atoms with Gasteiger partial charge in [-0.3, -0.25) is 0 Å². The first kappa shape index (κ1) is 12.3. The first-order valence-electron chi connectivity index (χ1n) is 6.01. The van der Waals surface area contributed by atoms with Crippen molar-refractivity contribution in [1.82, 2.24) is 0 Å². The van der Waals surface area contributed by atoms with E-state index in [1.165, 1.54) is 16.7 Å². The molecule has 0 fully saturated rings. The number of rotatable bonds is 0. The Balaban J connectivity index is 2.38. The van der Waals surface area contributed by atoms with Crippen LogP contribution < -0.4 is 5.73 Å². The number of hydrogen-bond donors (Lipinski definition) is 1. The van der Waals surface area contributed by atoms with Crippen molar-refractivity contribution in [2.75, 3.05) is 5.73 Å². The van der Waals surface area contributed by atoms with Gasteiger partial charge >= 0.3 is 0 Å².